The van der Waals surface area contributed by atoms with Gasteiger partial charge in [-0.2, -0.15) is 0 Å². The molecule has 0 aromatic heterocycles. The van der Waals surface area contributed by atoms with E-state index in [0.717, 1.165) is 0 Å². The van der Waals surface area contributed by atoms with Crippen molar-refractivity contribution in [3.05, 3.63) is 41.5 Å². The third-order valence-electron chi connectivity index (χ3n) is 4.20. The summed E-state index contributed by atoms with van der Waals surface area (Å²) in [4.78, 5) is 12.7. The summed E-state index contributed by atoms with van der Waals surface area (Å²) in [6, 6.07) is 3.37. The lowest BCUT2D eigenvalue weighted by molar-refractivity contribution is 0.0336. The molecule has 1 heterocycles. The Kier molecular flexibility index (Phi) is 7.24. The van der Waals surface area contributed by atoms with Crippen LogP contribution < -0.4 is 9.47 Å². The normalized spacial score (nSPS) is 26.8. The van der Waals surface area contributed by atoms with Crippen molar-refractivity contribution in [3.63, 3.8) is 0 Å². The SMILES string of the molecule is COc1cc2c(c(OC)c1)C(=O)O[C@@H](C)C/C=C/[C@@H](O)[C@@H](O)CC/C=C/2. The van der Waals surface area contributed by atoms with E-state index in [1.165, 1.54) is 13.2 Å². The summed E-state index contributed by atoms with van der Waals surface area (Å²) in [6.45, 7) is 1.77. The number of ether oxygens (including phenoxy) is 3. The molecule has 0 fully saturated rings. The van der Waals surface area contributed by atoms with Gasteiger partial charge >= 0.3 is 5.97 Å². The molecule has 0 saturated heterocycles. The van der Waals surface area contributed by atoms with E-state index in [0.29, 0.717) is 41.9 Å². The van der Waals surface area contributed by atoms with E-state index in [-0.39, 0.29) is 0 Å². The lowest BCUT2D eigenvalue weighted by Gasteiger charge is -2.17. The van der Waals surface area contributed by atoms with Crippen LogP contribution in [0.4, 0.5) is 0 Å². The molecule has 1 aliphatic heterocycles. The van der Waals surface area contributed by atoms with Crippen LogP contribution in [0, 0.1) is 0 Å². The number of rotatable bonds is 2. The van der Waals surface area contributed by atoms with Crippen LogP contribution in [0.5, 0.6) is 11.5 Å². The molecule has 0 radical (unpaired) electrons. The van der Waals surface area contributed by atoms with Gasteiger partial charge in [0.05, 0.1) is 26.4 Å². The molecule has 2 rings (SSSR count). The molecule has 0 saturated carbocycles. The Morgan fingerprint density at radius 2 is 1.92 bits per heavy atom. The van der Waals surface area contributed by atoms with Crippen molar-refractivity contribution in [2.75, 3.05) is 14.2 Å². The van der Waals surface area contributed by atoms with Gasteiger partial charge in [-0.15, -0.1) is 0 Å². The zero-order chi connectivity index (χ0) is 19.1. The highest BCUT2D eigenvalue weighted by molar-refractivity contribution is 5.97. The molecule has 1 aliphatic rings. The standard InChI is InChI=1S/C20H26O6/c1-13-7-6-10-17(22)16(21)9-5-4-8-14-11-15(24-2)12-18(25-3)19(14)20(23)26-13/h4,6,8,10-13,16-17,21-22H,5,7,9H2,1-3H3/b8-4+,10-6+/t13-,16-,17+/m0/s1. The molecular formula is C20H26O6. The van der Waals surface area contributed by atoms with Gasteiger partial charge in [0.25, 0.3) is 0 Å². The summed E-state index contributed by atoms with van der Waals surface area (Å²) in [7, 11) is 3.03. The molecule has 3 atom stereocenters. The van der Waals surface area contributed by atoms with Crippen LogP contribution in [0.2, 0.25) is 0 Å². The predicted molar refractivity (Wildman–Crippen MR) is 98.5 cm³/mol. The molecule has 2 N–H and O–H groups in total. The fourth-order valence-corrected chi connectivity index (χ4v) is 2.72. The first-order chi connectivity index (χ1) is 12.5. The maximum Gasteiger partial charge on any atom is 0.342 e. The third kappa shape index (κ3) is 5.09. The Morgan fingerprint density at radius 3 is 2.62 bits per heavy atom. The minimum atomic E-state index is -0.943. The number of fused-ring (bicyclic) bond motifs is 1. The largest absolute Gasteiger partial charge is 0.497 e. The van der Waals surface area contributed by atoms with Crippen molar-refractivity contribution in [2.45, 2.75) is 44.5 Å². The zero-order valence-electron chi connectivity index (χ0n) is 15.3. The van der Waals surface area contributed by atoms with E-state index in [2.05, 4.69) is 0 Å². The Balaban J connectivity index is 2.43. The van der Waals surface area contributed by atoms with E-state index in [9.17, 15) is 15.0 Å². The number of aliphatic hydroxyl groups excluding tert-OH is 2. The van der Waals surface area contributed by atoms with Gasteiger partial charge in [0.15, 0.2) is 0 Å². The van der Waals surface area contributed by atoms with E-state index < -0.39 is 24.3 Å². The summed E-state index contributed by atoms with van der Waals surface area (Å²) in [6.07, 6.45) is 6.03. The number of esters is 1. The highest BCUT2D eigenvalue weighted by Gasteiger charge is 2.22. The summed E-state index contributed by atoms with van der Waals surface area (Å²) < 4.78 is 16.1. The quantitative estimate of drug-likeness (QED) is 0.622. The van der Waals surface area contributed by atoms with Crippen LogP contribution in [0.15, 0.2) is 30.4 Å². The van der Waals surface area contributed by atoms with E-state index in [1.807, 2.05) is 6.08 Å². The number of cyclic esters (lactones) is 1. The molecule has 1 aromatic rings. The van der Waals surface area contributed by atoms with Crippen LogP contribution in [-0.4, -0.2) is 48.7 Å². The van der Waals surface area contributed by atoms with Gasteiger partial charge < -0.3 is 24.4 Å². The van der Waals surface area contributed by atoms with Crippen molar-refractivity contribution in [2.24, 2.45) is 0 Å². The highest BCUT2D eigenvalue weighted by atomic mass is 16.5. The van der Waals surface area contributed by atoms with E-state index in [4.69, 9.17) is 14.2 Å². The van der Waals surface area contributed by atoms with Crippen LogP contribution in [0.3, 0.4) is 0 Å². The van der Waals surface area contributed by atoms with Crippen LogP contribution in [0.1, 0.15) is 42.1 Å². The van der Waals surface area contributed by atoms with Gasteiger partial charge in [0.1, 0.15) is 23.2 Å². The second-order valence-corrected chi connectivity index (χ2v) is 6.21. The van der Waals surface area contributed by atoms with Crippen molar-refractivity contribution >= 4 is 12.0 Å². The lowest BCUT2D eigenvalue weighted by Crippen LogP contribution is -2.23. The fourth-order valence-electron chi connectivity index (χ4n) is 2.72. The van der Waals surface area contributed by atoms with Crippen molar-refractivity contribution < 1.29 is 29.2 Å². The molecule has 142 valence electrons. The first-order valence-corrected chi connectivity index (χ1v) is 8.62. The smallest absolute Gasteiger partial charge is 0.342 e. The third-order valence-corrected chi connectivity index (χ3v) is 4.20. The number of methoxy groups -OCH3 is 2. The molecule has 6 heteroatoms. The van der Waals surface area contributed by atoms with Gasteiger partial charge in [-0.3, -0.25) is 0 Å². The Labute approximate surface area is 153 Å². The predicted octanol–water partition coefficient (Wildman–Crippen LogP) is 2.72. The Bertz CT molecular complexity index is 679. The molecule has 0 spiro atoms. The molecule has 0 amide bonds. The number of hydrogen-bond donors (Lipinski definition) is 2. The summed E-state index contributed by atoms with van der Waals surface area (Å²) in [5.41, 5.74) is 0.944. The van der Waals surface area contributed by atoms with Gasteiger partial charge in [0, 0.05) is 12.5 Å². The minimum absolute atomic E-state index is 0.332. The van der Waals surface area contributed by atoms with E-state index >= 15 is 0 Å². The first-order valence-electron chi connectivity index (χ1n) is 8.62. The van der Waals surface area contributed by atoms with Gasteiger partial charge in [-0.1, -0.05) is 24.3 Å². The van der Waals surface area contributed by atoms with Crippen molar-refractivity contribution in [1.82, 2.24) is 0 Å². The van der Waals surface area contributed by atoms with E-state index in [1.54, 1.807) is 38.3 Å². The van der Waals surface area contributed by atoms with Gasteiger partial charge in [-0.25, -0.2) is 4.79 Å². The molecule has 0 unspecified atom stereocenters. The first kappa shape index (κ1) is 20.0. The minimum Gasteiger partial charge on any atom is -0.497 e. The molecular weight excluding hydrogens is 336 g/mol. The Morgan fingerprint density at radius 1 is 1.15 bits per heavy atom. The average Bonchev–Trinajstić information content (AvgIpc) is 2.63. The molecule has 0 aliphatic carbocycles. The van der Waals surface area contributed by atoms with Crippen LogP contribution in [0.25, 0.3) is 6.08 Å². The topological polar surface area (TPSA) is 85.2 Å². The highest BCUT2D eigenvalue weighted by Crippen LogP contribution is 2.31. The number of carbonyl (C=O) groups is 1. The maximum absolute atomic E-state index is 12.7. The van der Waals surface area contributed by atoms with Gasteiger partial charge in [0.2, 0.25) is 0 Å². The maximum atomic E-state index is 12.7. The number of benzene rings is 1. The molecule has 0 bridgehead atoms. The average molecular weight is 362 g/mol. The summed E-state index contributed by atoms with van der Waals surface area (Å²) in [5.74, 6) is 0.451. The monoisotopic (exact) mass is 362 g/mol. The molecule has 26 heavy (non-hydrogen) atoms. The number of allylic oxidation sites excluding steroid dienone is 1. The fraction of sp³-hybridized carbons (Fsp3) is 0.450. The van der Waals surface area contributed by atoms with Crippen molar-refractivity contribution in [1.29, 1.82) is 0 Å². The van der Waals surface area contributed by atoms with Crippen LogP contribution >= 0.6 is 0 Å². The molecule has 6 nitrogen and oxygen atoms in total. The summed E-state index contributed by atoms with van der Waals surface area (Å²) >= 11 is 0. The number of carbonyl (C=O) groups excluding carboxylic acids is 1. The Hall–Kier alpha value is -2.31. The van der Waals surface area contributed by atoms with Crippen LogP contribution in [-0.2, 0) is 4.74 Å². The van der Waals surface area contributed by atoms with Gasteiger partial charge in [-0.05, 0) is 31.4 Å². The lowest BCUT2D eigenvalue weighted by atomic mass is 10.0. The van der Waals surface area contributed by atoms with Crippen molar-refractivity contribution in [3.8, 4) is 11.5 Å². The second kappa shape index (κ2) is 9.40. The number of hydrogen-bond acceptors (Lipinski definition) is 6. The summed E-state index contributed by atoms with van der Waals surface area (Å²) in [5, 5.41) is 19.9. The second-order valence-electron chi connectivity index (χ2n) is 6.21. The molecule has 1 aromatic carbocycles. The zero-order valence-corrected chi connectivity index (χ0v) is 15.3. The number of aliphatic hydroxyl groups is 2.